The molecule has 1 fully saturated rings. The molecule has 1 amide bonds. The van der Waals surface area contributed by atoms with E-state index < -0.39 is 0 Å². The SMILES string of the molecule is CCC1CCCC(NC(=O)c2cccc(N)c2Br)C1. The summed E-state index contributed by atoms with van der Waals surface area (Å²) in [5.74, 6) is 0.726. The highest BCUT2D eigenvalue weighted by atomic mass is 79.9. The molecule has 0 aliphatic heterocycles. The maximum Gasteiger partial charge on any atom is 0.252 e. The first-order chi connectivity index (χ1) is 9.11. The normalized spacial score (nSPS) is 23.1. The van der Waals surface area contributed by atoms with Crippen LogP contribution in [0.4, 0.5) is 5.69 Å². The van der Waals surface area contributed by atoms with Gasteiger partial charge in [-0.3, -0.25) is 4.79 Å². The summed E-state index contributed by atoms with van der Waals surface area (Å²) in [7, 11) is 0. The topological polar surface area (TPSA) is 55.1 Å². The number of amides is 1. The second-order valence-corrected chi connectivity index (χ2v) is 6.11. The number of hydrogen-bond donors (Lipinski definition) is 2. The van der Waals surface area contributed by atoms with Crippen molar-refractivity contribution in [3.8, 4) is 0 Å². The monoisotopic (exact) mass is 324 g/mol. The number of hydrogen-bond acceptors (Lipinski definition) is 2. The summed E-state index contributed by atoms with van der Waals surface area (Å²) in [6, 6.07) is 5.70. The van der Waals surface area contributed by atoms with Gasteiger partial charge in [-0.15, -0.1) is 0 Å². The van der Waals surface area contributed by atoms with Crippen LogP contribution in [0.2, 0.25) is 0 Å². The second kappa shape index (κ2) is 6.42. The Labute approximate surface area is 123 Å². The summed E-state index contributed by atoms with van der Waals surface area (Å²) < 4.78 is 0.690. The molecule has 1 aromatic carbocycles. The van der Waals surface area contributed by atoms with Crippen molar-refractivity contribution in [1.82, 2.24) is 5.32 Å². The van der Waals surface area contributed by atoms with E-state index >= 15 is 0 Å². The lowest BCUT2D eigenvalue weighted by Gasteiger charge is -2.29. The fraction of sp³-hybridized carbons (Fsp3) is 0.533. The number of nitrogen functional groups attached to an aromatic ring is 1. The summed E-state index contributed by atoms with van der Waals surface area (Å²) in [6.45, 7) is 2.23. The molecule has 3 N–H and O–H groups in total. The number of anilines is 1. The van der Waals surface area contributed by atoms with E-state index in [1.807, 2.05) is 6.07 Å². The minimum atomic E-state index is -0.0269. The summed E-state index contributed by atoms with van der Waals surface area (Å²) in [5, 5.41) is 3.14. The molecular weight excluding hydrogens is 304 g/mol. The fourth-order valence-corrected chi connectivity index (χ4v) is 3.23. The van der Waals surface area contributed by atoms with Gasteiger partial charge >= 0.3 is 0 Å². The van der Waals surface area contributed by atoms with Gasteiger partial charge in [-0.1, -0.05) is 32.3 Å². The summed E-state index contributed by atoms with van der Waals surface area (Å²) in [4.78, 5) is 12.3. The van der Waals surface area contributed by atoms with Crippen molar-refractivity contribution in [1.29, 1.82) is 0 Å². The molecule has 0 saturated heterocycles. The maximum absolute atomic E-state index is 12.3. The summed E-state index contributed by atoms with van der Waals surface area (Å²) in [5.41, 5.74) is 7.03. The van der Waals surface area contributed by atoms with Crippen LogP contribution in [0, 0.1) is 5.92 Å². The Morgan fingerprint density at radius 3 is 3.00 bits per heavy atom. The van der Waals surface area contributed by atoms with Crippen LogP contribution in [-0.4, -0.2) is 11.9 Å². The van der Waals surface area contributed by atoms with E-state index in [2.05, 4.69) is 28.2 Å². The van der Waals surface area contributed by atoms with Crippen molar-refractivity contribution in [3.05, 3.63) is 28.2 Å². The third kappa shape index (κ3) is 3.50. The van der Waals surface area contributed by atoms with Crippen molar-refractivity contribution >= 4 is 27.5 Å². The summed E-state index contributed by atoms with van der Waals surface area (Å²) >= 11 is 3.39. The number of carbonyl (C=O) groups is 1. The molecule has 0 heterocycles. The number of nitrogens with two attached hydrogens (primary N) is 1. The number of nitrogens with one attached hydrogen (secondary N) is 1. The predicted octanol–water partition coefficient (Wildman–Crippen LogP) is 3.73. The highest BCUT2D eigenvalue weighted by molar-refractivity contribution is 9.10. The van der Waals surface area contributed by atoms with E-state index in [1.165, 1.54) is 19.3 Å². The van der Waals surface area contributed by atoms with Gasteiger partial charge in [0.05, 0.1) is 10.0 Å². The lowest BCUT2D eigenvalue weighted by molar-refractivity contribution is 0.0918. The van der Waals surface area contributed by atoms with Gasteiger partial charge in [-0.05, 0) is 46.8 Å². The Hall–Kier alpha value is -1.03. The molecule has 2 rings (SSSR count). The molecule has 4 heteroatoms. The molecule has 1 aliphatic carbocycles. The Morgan fingerprint density at radius 2 is 2.26 bits per heavy atom. The lowest BCUT2D eigenvalue weighted by atomic mass is 9.84. The minimum Gasteiger partial charge on any atom is -0.398 e. The third-order valence-electron chi connectivity index (χ3n) is 3.97. The minimum absolute atomic E-state index is 0.0269. The van der Waals surface area contributed by atoms with Crippen LogP contribution in [0.15, 0.2) is 22.7 Å². The maximum atomic E-state index is 12.3. The van der Waals surface area contributed by atoms with Crippen LogP contribution >= 0.6 is 15.9 Å². The first-order valence-corrected chi connectivity index (χ1v) is 7.76. The van der Waals surface area contributed by atoms with Crippen molar-refractivity contribution in [2.45, 2.75) is 45.1 Å². The molecule has 19 heavy (non-hydrogen) atoms. The van der Waals surface area contributed by atoms with Crippen molar-refractivity contribution in [3.63, 3.8) is 0 Å². The molecule has 0 bridgehead atoms. The van der Waals surface area contributed by atoms with E-state index in [0.717, 1.165) is 18.8 Å². The summed E-state index contributed by atoms with van der Waals surface area (Å²) in [6.07, 6.45) is 5.89. The van der Waals surface area contributed by atoms with Crippen LogP contribution in [0.3, 0.4) is 0 Å². The van der Waals surface area contributed by atoms with Gasteiger partial charge in [-0.2, -0.15) is 0 Å². The van der Waals surface area contributed by atoms with E-state index in [9.17, 15) is 4.79 Å². The second-order valence-electron chi connectivity index (χ2n) is 5.32. The Bertz CT molecular complexity index is 461. The average molecular weight is 325 g/mol. The molecule has 104 valence electrons. The van der Waals surface area contributed by atoms with E-state index in [0.29, 0.717) is 21.8 Å². The molecule has 1 aliphatic rings. The van der Waals surface area contributed by atoms with E-state index in [4.69, 9.17) is 5.73 Å². The molecule has 3 nitrogen and oxygen atoms in total. The Kier molecular flexibility index (Phi) is 4.86. The van der Waals surface area contributed by atoms with Gasteiger partial charge < -0.3 is 11.1 Å². The molecule has 1 saturated carbocycles. The standard InChI is InChI=1S/C15H21BrN2O/c1-2-10-5-3-6-11(9-10)18-15(19)12-7-4-8-13(17)14(12)16/h4,7-8,10-11H,2-3,5-6,9,17H2,1H3,(H,18,19). The fourth-order valence-electron chi connectivity index (χ4n) is 2.78. The highest BCUT2D eigenvalue weighted by Crippen LogP contribution is 2.28. The first kappa shape index (κ1) is 14.4. The van der Waals surface area contributed by atoms with Gasteiger partial charge in [0.15, 0.2) is 0 Å². The zero-order chi connectivity index (χ0) is 13.8. The molecule has 0 aromatic heterocycles. The Morgan fingerprint density at radius 1 is 1.47 bits per heavy atom. The van der Waals surface area contributed by atoms with Crippen LogP contribution in [-0.2, 0) is 0 Å². The van der Waals surface area contributed by atoms with E-state index in [-0.39, 0.29) is 5.91 Å². The lowest BCUT2D eigenvalue weighted by Crippen LogP contribution is -2.38. The first-order valence-electron chi connectivity index (χ1n) is 6.96. The highest BCUT2D eigenvalue weighted by Gasteiger charge is 2.23. The molecule has 2 atom stereocenters. The van der Waals surface area contributed by atoms with Gasteiger partial charge in [-0.25, -0.2) is 0 Å². The molecule has 0 radical (unpaired) electrons. The van der Waals surface area contributed by atoms with Gasteiger partial charge in [0.25, 0.3) is 5.91 Å². The molecule has 0 spiro atoms. The molecular formula is C15H21BrN2O. The Balaban J connectivity index is 2.02. The number of benzene rings is 1. The zero-order valence-corrected chi connectivity index (χ0v) is 12.9. The number of carbonyl (C=O) groups excluding carboxylic acids is 1. The van der Waals surface area contributed by atoms with Crippen molar-refractivity contribution in [2.75, 3.05) is 5.73 Å². The predicted molar refractivity (Wildman–Crippen MR) is 82.1 cm³/mol. The molecule has 2 unspecified atom stereocenters. The van der Waals surface area contributed by atoms with E-state index in [1.54, 1.807) is 12.1 Å². The number of halogens is 1. The molecule has 1 aromatic rings. The zero-order valence-electron chi connectivity index (χ0n) is 11.3. The third-order valence-corrected chi connectivity index (χ3v) is 4.85. The van der Waals surface area contributed by atoms with Crippen LogP contribution in [0.5, 0.6) is 0 Å². The largest absolute Gasteiger partial charge is 0.398 e. The van der Waals surface area contributed by atoms with Gasteiger partial charge in [0.2, 0.25) is 0 Å². The van der Waals surface area contributed by atoms with Gasteiger partial charge in [0, 0.05) is 11.7 Å². The van der Waals surface area contributed by atoms with Crippen molar-refractivity contribution in [2.24, 2.45) is 5.92 Å². The van der Waals surface area contributed by atoms with Crippen LogP contribution < -0.4 is 11.1 Å². The average Bonchev–Trinajstić information content (AvgIpc) is 2.42. The van der Waals surface area contributed by atoms with Crippen LogP contribution in [0.1, 0.15) is 49.4 Å². The number of rotatable bonds is 3. The van der Waals surface area contributed by atoms with Crippen LogP contribution in [0.25, 0.3) is 0 Å². The van der Waals surface area contributed by atoms with Gasteiger partial charge in [0.1, 0.15) is 0 Å². The quantitative estimate of drug-likeness (QED) is 0.832. The van der Waals surface area contributed by atoms with Crippen molar-refractivity contribution < 1.29 is 4.79 Å². The smallest absolute Gasteiger partial charge is 0.252 e.